The number of carbonyl (C=O) groups excluding carboxylic acids is 2. The summed E-state index contributed by atoms with van der Waals surface area (Å²) >= 11 is 0. The highest BCUT2D eigenvalue weighted by molar-refractivity contribution is 7.89. The predicted molar refractivity (Wildman–Crippen MR) is 182 cm³/mol. The summed E-state index contributed by atoms with van der Waals surface area (Å²) in [5.41, 5.74) is 0.991. The third kappa shape index (κ3) is 9.48. The first kappa shape index (κ1) is 37.6. The molecule has 268 valence electrons. The van der Waals surface area contributed by atoms with E-state index in [2.05, 4.69) is 15.8 Å². The number of amides is 3. The fourth-order valence-electron chi connectivity index (χ4n) is 6.41. The van der Waals surface area contributed by atoms with Crippen LogP contribution in [0.1, 0.15) is 93.9 Å². The molecule has 0 spiro atoms. The van der Waals surface area contributed by atoms with Crippen LogP contribution in [0.3, 0.4) is 0 Å². The van der Waals surface area contributed by atoms with Crippen LogP contribution in [0.25, 0.3) is 0 Å². The van der Waals surface area contributed by atoms with Crippen molar-refractivity contribution in [1.82, 2.24) is 19.7 Å². The van der Waals surface area contributed by atoms with Crippen molar-refractivity contribution in [3.63, 3.8) is 0 Å². The molecule has 0 radical (unpaired) electrons. The number of likely N-dealkylation sites (N-methyl/N-ethyl adjacent to an activating group) is 1. The number of aromatic nitrogens is 1. The first-order chi connectivity index (χ1) is 22.8. The van der Waals surface area contributed by atoms with E-state index >= 15 is 0 Å². The number of benzene rings is 1. The molecule has 3 N–H and O–H groups in total. The van der Waals surface area contributed by atoms with Crippen molar-refractivity contribution in [2.45, 2.75) is 115 Å². The Morgan fingerprint density at radius 2 is 1.83 bits per heavy atom. The fourth-order valence-corrected chi connectivity index (χ4v) is 7.88. The molecule has 1 aliphatic carbocycles. The Hall–Kier alpha value is -3.20. The Labute approximate surface area is 284 Å². The van der Waals surface area contributed by atoms with Crippen LogP contribution in [-0.2, 0) is 14.8 Å². The molecule has 48 heavy (non-hydrogen) atoms. The normalized spacial score (nSPS) is 22.8. The monoisotopic (exact) mass is 691 g/mol. The molecule has 0 unspecified atom stereocenters. The van der Waals surface area contributed by atoms with Crippen LogP contribution < -0.4 is 15.4 Å². The van der Waals surface area contributed by atoms with Crippen LogP contribution in [0.15, 0.2) is 27.6 Å². The number of fused-ring (bicyclic) bond motifs is 1. The summed E-state index contributed by atoms with van der Waals surface area (Å²) in [7, 11) is -2.44. The van der Waals surface area contributed by atoms with Gasteiger partial charge in [-0.25, -0.2) is 13.2 Å². The Morgan fingerprint density at radius 1 is 1.12 bits per heavy atom. The molecule has 1 aromatic carbocycles. The summed E-state index contributed by atoms with van der Waals surface area (Å²) in [4.78, 5) is 28.9. The van der Waals surface area contributed by atoms with Crippen LogP contribution in [-0.4, -0.2) is 97.5 Å². The number of aryl methyl sites for hydroxylation is 2. The van der Waals surface area contributed by atoms with Gasteiger partial charge in [0.1, 0.15) is 16.3 Å². The first-order valence-electron chi connectivity index (χ1n) is 17.1. The molecule has 1 fully saturated rings. The second-order valence-electron chi connectivity index (χ2n) is 13.4. The van der Waals surface area contributed by atoms with Crippen molar-refractivity contribution >= 4 is 27.6 Å². The Balaban J connectivity index is 1.61. The predicted octanol–water partition coefficient (Wildman–Crippen LogP) is 4.86. The van der Waals surface area contributed by atoms with E-state index in [1.807, 2.05) is 13.8 Å². The topological polar surface area (TPSA) is 164 Å². The van der Waals surface area contributed by atoms with E-state index in [4.69, 9.17) is 14.0 Å². The zero-order valence-corrected chi connectivity index (χ0v) is 30.0. The number of nitrogens with one attached hydrogen (secondary N) is 2. The number of aliphatic hydroxyl groups excluding tert-OH is 1. The summed E-state index contributed by atoms with van der Waals surface area (Å²) in [6, 6.07) is 4.28. The van der Waals surface area contributed by atoms with Crippen molar-refractivity contribution in [3.8, 4) is 5.75 Å². The number of carbonyl (C=O) groups is 2. The molecular weight excluding hydrogens is 638 g/mol. The van der Waals surface area contributed by atoms with Gasteiger partial charge < -0.3 is 34.6 Å². The van der Waals surface area contributed by atoms with Gasteiger partial charge in [-0.15, -0.1) is 0 Å². The maximum Gasteiger partial charge on any atom is 0.319 e. The number of urea groups is 1. The van der Waals surface area contributed by atoms with Crippen LogP contribution >= 0.6 is 0 Å². The average molecular weight is 692 g/mol. The maximum absolute atomic E-state index is 14.4. The molecule has 1 aromatic heterocycles. The van der Waals surface area contributed by atoms with E-state index in [1.165, 1.54) is 17.8 Å². The first-order valence-corrected chi connectivity index (χ1v) is 18.6. The molecule has 0 bridgehead atoms. The Kier molecular flexibility index (Phi) is 13.3. The number of ether oxygens (including phenoxy) is 2. The molecule has 0 saturated heterocycles. The molecule has 2 aromatic rings. The number of aliphatic hydroxyl groups is 1. The van der Waals surface area contributed by atoms with Gasteiger partial charge in [-0.1, -0.05) is 31.3 Å². The van der Waals surface area contributed by atoms with E-state index in [-0.39, 0.29) is 71.6 Å². The maximum atomic E-state index is 14.4. The van der Waals surface area contributed by atoms with E-state index in [0.717, 1.165) is 38.5 Å². The van der Waals surface area contributed by atoms with Crippen LogP contribution in [0.2, 0.25) is 0 Å². The number of hydrogen-bond acceptors (Lipinski definition) is 9. The molecule has 3 amide bonds. The lowest BCUT2D eigenvalue weighted by atomic mass is 9.96. The van der Waals surface area contributed by atoms with E-state index in [0.29, 0.717) is 24.5 Å². The third-order valence-electron chi connectivity index (χ3n) is 9.32. The van der Waals surface area contributed by atoms with Gasteiger partial charge in [-0.05, 0) is 78.0 Å². The van der Waals surface area contributed by atoms with Gasteiger partial charge in [0, 0.05) is 44.4 Å². The standard InChI is InChI=1S/C34H53N5O8S/c1-22-19-39(23(2)21-40)33(41)29-18-28(36-34(42)35-27-13-8-7-9-14-27)15-16-30(29)46-24(3)12-10-11-17-45-31(22)20-38(6)48(43,44)32-25(4)37-47-26(32)5/h15-16,18,22-24,27,31,40H,7-14,17,19-21H2,1-6H3,(H2,35,36,42)/t22-,23-,24-,31+/m0/s1. The minimum absolute atomic E-state index is 0.0311. The summed E-state index contributed by atoms with van der Waals surface area (Å²) in [5.74, 6) is -0.111. The summed E-state index contributed by atoms with van der Waals surface area (Å²) < 4.78 is 46.1. The Bertz CT molecular complexity index is 1470. The minimum Gasteiger partial charge on any atom is -0.490 e. The largest absolute Gasteiger partial charge is 0.490 e. The Morgan fingerprint density at radius 3 is 2.50 bits per heavy atom. The molecule has 4 rings (SSSR count). The third-order valence-corrected chi connectivity index (χ3v) is 11.4. The lowest BCUT2D eigenvalue weighted by Crippen LogP contribution is -2.48. The highest BCUT2D eigenvalue weighted by Crippen LogP contribution is 2.29. The molecule has 1 saturated carbocycles. The van der Waals surface area contributed by atoms with Gasteiger partial charge in [0.05, 0.1) is 30.4 Å². The molecule has 2 heterocycles. The SMILES string of the molecule is Cc1noc(C)c1S(=O)(=O)N(C)C[C@H]1OCCCC[C@H](C)Oc2ccc(NC(=O)NC3CCCCC3)cc2C(=O)N([C@@H](C)CO)C[C@@H]1C. The highest BCUT2D eigenvalue weighted by Gasteiger charge is 2.34. The second-order valence-corrected chi connectivity index (χ2v) is 15.4. The summed E-state index contributed by atoms with van der Waals surface area (Å²) in [5, 5.41) is 20.0. The second kappa shape index (κ2) is 17.0. The lowest BCUT2D eigenvalue weighted by Gasteiger charge is -2.35. The summed E-state index contributed by atoms with van der Waals surface area (Å²) in [6.45, 7) is 9.06. The van der Waals surface area contributed by atoms with Gasteiger partial charge in [-0.3, -0.25) is 4.79 Å². The number of anilines is 1. The van der Waals surface area contributed by atoms with Crippen molar-refractivity contribution in [2.24, 2.45) is 5.92 Å². The summed E-state index contributed by atoms with van der Waals surface area (Å²) in [6.07, 6.45) is 6.70. The highest BCUT2D eigenvalue weighted by atomic mass is 32.2. The van der Waals surface area contributed by atoms with E-state index in [1.54, 1.807) is 43.9 Å². The quantitative estimate of drug-likeness (QED) is 0.351. The molecule has 2 aliphatic rings. The number of sulfonamides is 1. The van der Waals surface area contributed by atoms with Crippen molar-refractivity contribution in [2.75, 3.05) is 38.7 Å². The van der Waals surface area contributed by atoms with E-state index in [9.17, 15) is 23.1 Å². The molecule has 1 aliphatic heterocycles. The van der Waals surface area contributed by atoms with Gasteiger partial charge in [0.25, 0.3) is 5.91 Å². The average Bonchev–Trinajstić information content (AvgIpc) is 3.40. The van der Waals surface area contributed by atoms with Crippen LogP contribution in [0.4, 0.5) is 10.5 Å². The molecule has 13 nitrogen and oxygen atoms in total. The van der Waals surface area contributed by atoms with Crippen molar-refractivity contribution < 1.29 is 37.1 Å². The van der Waals surface area contributed by atoms with E-state index < -0.39 is 22.2 Å². The van der Waals surface area contributed by atoms with Gasteiger partial charge in [-0.2, -0.15) is 4.31 Å². The number of hydrogen-bond donors (Lipinski definition) is 3. The van der Waals surface area contributed by atoms with Crippen LogP contribution in [0.5, 0.6) is 5.75 Å². The van der Waals surface area contributed by atoms with Crippen molar-refractivity contribution in [1.29, 1.82) is 0 Å². The van der Waals surface area contributed by atoms with Crippen LogP contribution in [0, 0.1) is 19.8 Å². The smallest absolute Gasteiger partial charge is 0.319 e. The zero-order valence-electron chi connectivity index (χ0n) is 29.2. The molecular formula is C34H53N5O8S. The van der Waals surface area contributed by atoms with Crippen molar-refractivity contribution in [3.05, 3.63) is 35.2 Å². The lowest BCUT2D eigenvalue weighted by molar-refractivity contribution is -0.00835. The number of nitrogens with zero attached hydrogens (tertiary/aromatic N) is 3. The van der Waals surface area contributed by atoms with Gasteiger partial charge in [0.15, 0.2) is 5.76 Å². The molecule has 4 atom stereocenters. The zero-order chi connectivity index (χ0) is 35.0. The minimum atomic E-state index is -3.94. The van der Waals surface area contributed by atoms with Gasteiger partial charge >= 0.3 is 6.03 Å². The molecule has 14 heteroatoms. The van der Waals surface area contributed by atoms with Gasteiger partial charge in [0.2, 0.25) is 10.0 Å². The fraction of sp³-hybridized carbons (Fsp3) is 0.676. The number of rotatable bonds is 8.